The van der Waals surface area contributed by atoms with Crippen LogP contribution >= 0.6 is 0 Å². The fourth-order valence-corrected chi connectivity index (χ4v) is 3.54. The molecule has 0 saturated heterocycles. The number of para-hydroxylation sites is 1. The summed E-state index contributed by atoms with van der Waals surface area (Å²) in [6.45, 7) is 2.74. The number of nitrogens with one attached hydrogen (secondary N) is 1. The van der Waals surface area contributed by atoms with Gasteiger partial charge in [-0.05, 0) is 42.5 Å². The normalized spacial score (nSPS) is 21.0. The highest BCUT2D eigenvalue weighted by atomic mass is 16.3. The zero-order valence-electron chi connectivity index (χ0n) is 14.2. The number of hydrogen-bond donors (Lipinski definition) is 2. The molecule has 0 unspecified atom stereocenters. The summed E-state index contributed by atoms with van der Waals surface area (Å²) in [5, 5.41) is 14.6. The second-order valence-electron chi connectivity index (χ2n) is 6.74. The van der Waals surface area contributed by atoms with E-state index in [0.717, 1.165) is 18.4 Å². The lowest BCUT2D eigenvalue weighted by Crippen LogP contribution is -2.37. The highest BCUT2D eigenvalue weighted by molar-refractivity contribution is 5.53. The lowest BCUT2D eigenvalue weighted by atomic mass is 9.95. The Hall–Kier alpha value is -1.84. The van der Waals surface area contributed by atoms with Crippen LogP contribution in [-0.2, 0) is 12.0 Å². The van der Waals surface area contributed by atoms with Crippen LogP contribution in [0.5, 0.6) is 0 Å². The fourth-order valence-electron chi connectivity index (χ4n) is 3.54. The van der Waals surface area contributed by atoms with Crippen LogP contribution in [0.15, 0.2) is 48.5 Å². The highest BCUT2D eigenvalue weighted by Gasteiger charge is 2.36. The average molecular weight is 310 g/mol. The first-order chi connectivity index (χ1) is 11.0. The third-order valence-corrected chi connectivity index (χ3v) is 4.91. The summed E-state index contributed by atoms with van der Waals surface area (Å²) in [6.07, 6.45) is 1.75. The molecule has 2 aromatic carbocycles. The Bertz CT molecular complexity index is 683. The Morgan fingerprint density at radius 1 is 1.13 bits per heavy atom. The molecule has 3 heteroatoms. The van der Waals surface area contributed by atoms with Gasteiger partial charge in [0.15, 0.2) is 0 Å². The third-order valence-electron chi connectivity index (χ3n) is 4.91. The quantitative estimate of drug-likeness (QED) is 0.890. The van der Waals surface area contributed by atoms with E-state index in [4.69, 9.17) is 0 Å². The van der Waals surface area contributed by atoms with E-state index < -0.39 is 5.60 Å². The first-order valence-corrected chi connectivity index (χ1v) is 8.32. The number of fused-ring (bicyclic) bond motifs is 1. The van der Waals surface area contributed by atoms with Crippen molar-refractivity contribution in [2.24, 2.45) is 0 Å². The van der Waals surface area contributed by atoms with Crippen LogP contribution in [0, 0.1) is 0 Å². The van der Waals surface area contributed by atoms with Crippen molar-refractivity contribution >= 4 is 5.69 Å². The largest absolute Gasteiger partial charge is 0.384 e. The maximum absolute atomic E-state index is 11.0. The van der Waals surface area contributed by atoms with Crippen molar-refractivity contribution in [3.63, 3.8) is 0 Å². The smallest absolute Gasteiger partial charge is 0.103 e. The predicted molar refractivity (Wildman–Crippen MR) is 95.8 cm³/mol. The molecule has 122 valence electrons. The topological polar surface area (TPSA) is 35.5 Å². The van der Waals surface area contributed by atoms with E-state index in [2.05, 4.69) is 67.6 Å². The fraction of sp³-hybridized carbons (Fsp3) is 0.400. The summed E-state index contributed by atoms with van der Waals surface area (Å²) in [5.74, 6) is 0. The molecule has 0 amide bonds. The van der Waals surface area contributed by atoms with Crippen LogP contribution in [0.25, 0.3) is 0 Å². The van der Waals surface area contributed by atoms with Crippen LogP contribution < -0.4 is 10.2 Å². The molecule has 0 saturated carbocycles. The lowest BCUT2D eigenvalue weighted by Gasteiger charge is -2.28. The van der Waals surface area contributed by atoms with Crippen molar-refractivity contribution in [2.45, 2.75) is 31.4 Å². The van der Waals surface area contributed by atoms with Crippen LogP contribution in [0.4, 0.5) is 5.69 Å². The summed E-state index contributed by atoms with van der Waals surface area (Å²) in [6, 6.07) is 16.8. The standard InChI is InChI=1S/C20H26N2O/c1-15(17-9-5-7-11-19(17)22(2)3)21-14-20(23)13-12-16-8-4-6-10-18(16)20/h4-11,15,21,23H,12-14H2,1-3H3/t15-,20-/m1/s1. The Morgan fingerprint density at radius 3 is 2.61 bits per heavy atom. The highest BCUT2D eigenvalue weighted by Crippen LogP contribution is 2.36. The molecule has 3 nitrogen and oxygen atoms in total. The van der Waals surface area contributed by atoms with Gasteiger partial charge < -0.3 is 15.3 Å². The monoisotopic (exact) mass is 310 g/mol. The van der Waals surface area contributed by atoms with Gasteiger partial charge in [0, 0.05) is 32.4 Å². The first kappa shape index (κ1) is 16.0. The van der Waals surface area contributed by atoms with Gasteiger partial charge in [-0.15, -0.1) is 0 Å². The second-order valence-corrected chi connectivity index (χ2v) is 6.74. The van der Waals surface area contributed by atoms with Gasteiger partial charge in [-0.25, -0.2) is 0 Å². The third kappa shape index (κ3) is 3.12. The molecule has 2 N–H and O–H groups in total. The van der Waals surface area contributed by atoms with E-state index in [1.165, 1.54) is 16.8 Å². The van der Waals surface area contributed by atoms with Crippen molar-refractivity contribution in [2.75, 3.05) is 25.5 Å². The molecule has 0 radical (unpaired) electrons. The van der Waals surface area contributed by atoms with E-state index in [9.17, 15) is 5.11 Å². The minimum Gasteiger partial charge on any atom is -0.384 e. The van der Waals surface area contributed by atoms with Crippen LogP contribution in [-0.4, -0.2) is 25.7 Å². The van der Waals surface area contributed by atoms with E-state index >= 15 is 0 Å². The van der Waals surface area contributed by atoms with E-state index in [1.807, 2.05) is 12.1 Å². The summed E-state index contributed by atoms with van der Waals surface area (Å²) < 4.78 is 0. The number of nitrogens with zero attached hydrogens (tertiary/aromatic N) is 1. The molecule has 3 rings (SSSR count). The molecule has 2 atom stereocenters. The van der Waals surface area contributed by atoms with Crippen molar-refractivity contribution in [3.8, 4) is 0 Å². The van der Waals surface area contributed by atoms with Gasteiger partial charge in [-0.3, -0.25) is 0 Å². The van der Waals surface area contributed by atoms with Gasteiger partial charge in [-0.1, -0.05) is 42.5 Å². The van der Waals surface area contributed by atoms with Crippen LogP contribution in [0.3, 0.4) is 0 Å². The second kappa shape index (κ2) is 6.34. The van der Waals surface area contributed by atoms with Gasteiger partial charge in [0.2, 0.25) is 0 Å². The van der Waals surface area contributed by atoms with E-state index in [0.29, 0.717) is 6.54 Å². The average Bonchev–Trinajstić information content (AvgIpc) is 2.91. The van der Waals surface area contributed by atoms with Gasteiger partial charge in [0.1, 0.15) is 5.60 Å². The number of aryl methyl sites for hydroxylation is 1. The Labute approximate surface area is 139 Å². The molecular weight excluding hydrogens is 284 g/mol. The summed E-state index contributed by atoms with van der Waals surface area (Å²) in [4.78, 5) is 2.13. The van der Waals surface area contributed by atoms with Crippen molar-refractivity contribution < 1.29 is 5.11 Å². The minimum atomic E-state index is -0.752. The van der Waals surface area contributed by atoms with Gasteiger partial charge in [0.25, 0.3) is 0 Å². The van der Waals surface area contributed by atoms with Crippen LogP contribution in [0.2, 0.25) is 0 Å². The Morgan fingerprint density at radius 2 is 1.83 bits per heavy atom. The lowest BCUT2D eigenvalue weighted by molar-refractivity contribution is 0.0363. The van der Waals surface area contributed by atoms with Crippen LogP contribution in [0.1, 0.15) is 36.1 Å². The minimum absolute atomic E-state index is 0.186. The van der Waals surface area contributed by atoms with Crippen molar-refractivity contribution in [3.05, 3.63) is 65.2 Å². The zero-order valence-corrected chi connectivity index (χ0v) is 14.2. The van der Waals surface area contributed by atoms with E-state index in [1.54, 1.807) is 0 Å². The number of benzene rings is 2. The maximum Gasteiger partial charge on any atom is 0.103 e. The molecular formula is C20H26N2O. The van der Waals surface area contributed by atoms with E-state index in [-0.39, 0.29) is 6.04 Å². The summed E-state index contributed by atoms with van der Waals surface area (Å²) in [7, 11) is 4.12. The molecule has 0 heterocycles. The Kier molecular flexibility index (Phi) is 4.42. The Balaban J connectivity index is 1.74. The number of anilines is 1. The summed E-state index contributed by atoms with van der Waals surface area (Å²) >= 11 is 0. The number of hydrogen-bond acceptors (Lipinski definition) is 3. The number of rotatable bonds is 5. The van der Waals surface area contributed by atoms with Gasteiger partial charge in [0.05, 0.1) is 0 Å². The maximum atomic E-state index is 11.0. The zero-order chi connectivity index (χ0) is 16.4. The molecule has 0 spiro atoms. The molecule has 23 heavy (non-hydrogen) atoms. The molecule has 1 aliphatic carbocycles. The summed E-state index contributed by atoms with van der Waals surface area (Å²) in [5.41, 5.74) is 4.08. The van der Waals surface area contributed by atoms with Crippen molar-refractivity contribution in [1.29, 1.82) is 0 Å². The molecule has 0 fully saturated rings. The molecule has 0 bridgehead atoms. The van der Waals surface area contributed by atoms with Gasteiger partial charge >= 0.3 is 0 Å². The number of aliphatic hydroxyl groups is 1. The molecule has 0 aromatic heterocycles. The van der Waals surface area contributed by atoms with Crippen molar-refractivity contribution in [1.82, 2.24) is 5.32 Å². The SMILES string of the molecule is C[C@@H](NC[C@]1(O)CCc2ccccc21)c1ccccc1N(C)C. The predicted octanol–water partition coefficient (Wildman–Crippen LogP) is 3.24. The van der Waals surface area contributed by atoms with Gasteiger partial charge in [-0.2, -0.15) is 0 Å². The first-order valence-electron chi connectivity index (χ1n) is 8.32. The molecule has 0 aliphatic heterocycles. The molecule has 2 aromatic rings. The molecule has 1 aliphatic rings.